The maximum absolute atomic E-state index is 5.78. The fourth-order valence-corrected chi connectivity index (χ4v) is 2.60. The normalized spacial score (nSPS) is 12.7. The number of aromatic nitrogens is 1. The van der Waals surface area contributed by atoms with E-state index in [2.05, 4.69) is 24.0 Å². The fraction of sp³-hybridized carbons (Fsp3) is 0.583. The number of rotatable bonds is 7. The summed E-state index contributed by atoms with van der Waals surface area (Å²) in [4.78, 5) is 4.02. The first-order chi connectivity index (χ1) is 7.38. The molecule has 1 aromatic rings. The van der Waals surface area contributed by atoms with Crippen molar-refractivity contribution < 1.29 is 0 Å². The van der Waals surface area contributed by atoms with Gasteiger partial charge in [-0.3, -0.25) is 4.98 Å². The second-order valence-electron chi connectivity index (χ2n) is 3.58. The molecule has 0 aliphatic rings. The Morgan fingerprint density at radius 1 is 1.33 bits per heavy atom. The SMILES string of the molecule is CCCCCSC(CN)c1ccncc1. The summed E-state index contributed by atoms with van der Waals surface area (Å²) in [5.74, 6) is 1.21. The van der Waals surface area contributed by atoms with Gasteiger partial charge in [-0.1, -0.05) is 19.8 Å². The molecule has 1 aromatic heterocycles. The molecule has 0 radical (unpaired) electrons. The first-order valence-corrected chi connectivity index (χ1v) is 6.65. The van der Waals surface area contributed by atoms with Crippen LogP contribution < -0.4 is 5.73 Å². The van der Waals surface area contributed by atoms with Crippen LogP contribution >= 0.6 is 11.8 Å². The molecule has 0 aliphatic heterocycles. The Bertz CT molecular complexity index is 251. The van der Waals surface area contributed by atoms with Crippen molar-refractivity contribution in [1.29, 1.82) is 0 Å². The van der Waals surface area contributed by atoms with Crippen LogP contribution in [0, 0.1) is 0 Å². The quantitative estimate of drug-likeness (QED) is 0.724. The average molecular weight is 224 g/mol. The second-order valence-corrected chi connectivity index (χ2v) is 4.89. The van der Waals surface area contributed by atoms with Crippen LogP contribution in [0.3, 0.4) is 0 Å². The van der Waals surface area contributed by atoms with Gasteiger partial charge in [0.2, 0.25) is 0 Å². The molecule has 84 valence electrons. The van der Waals surface area contributed by atoms with Gasteiger partial charge in [0.1, 0.15) is 0 Å². The molecule has 1 unspecified atom stereocenters. The zero-order chi connectivity index (χ0) is 10.9. The third kappa shape index (κ3) is 4.67. The van der Waals surface area contributed by atoms with Crippen LogP contribution in [0.2, 0.25) is 0 Å². The molecule has 0 saturated heterocycles. The molecule has 0 bridgehead atoms. The smallest absolute Gasteiger partial charge is 0.0420 e. The van der Waals surface area contributed by atoms with Crippen LogP contribution in [0.25, 0.3) is 0 Å². The van der Waals surface area contributed by atoms with Crippen molar-refractivity contribution in [2.45, 2.75) is 31.4 Å². The number of nitrogens with two attached hydrogens (primary N) is 1. The Balaban J connectivity index is 2.36. The number of hydrogen-bond donors (Lipinski definition) is 1. The maximum Gasteiger partial charge on any atom is 0.0420 e. The van der Waals surface area contributed by atoms with Crippen molar-refractivity contribution in [3.8, 4) is 0 Å². The van der Waals surface area contributed by atoms with E-state index in [1.165, 1.54) is 30.6 Å². The van der Waals surface area contributed by atoms with E-state index in [-0.39, 0.29) is 0 Å². The zero-order valence-corrected chi connectivity index (χ0v) is 10.2. The van der Waals surface area contributed by atoms with Crippen molar-refractivity contribution >= 4 is 11.8 Å². The highest BCUT2D eigenvalue weighted by atomic mass is 32.2. The molecule has 2 N–H and O–H groups in total. The van der Waals surface area contributed by atoms with E-state index in [9.17, 15) is 0 Å². The third-order valence-electron chi connectivity index (χ3n) is 2.36. The van der Waals surface area contributed by atoms with Crippen LogP contribution in [-0.4, -0.2) is 17.3 Å². The largest absolute Gasteiger partial charge is 0.329 e. The molecule has 0 aliphatic carbocycles. The van der Waals surface area contributed by atoms with E-state index in [1.807, 2.05) is 24.2 Å². The lowest BCUT2D eigenvalue weighted by atomic mass is 10.2. The summed E-state index contributed by atoms with van der Waals surface area (Å²) in [6.07, 6.45) is 7.57. The molecule has 0 aromatic carbocycles. The lowest BCUT2D eigenvalue weighted by Crippen LogP contribution is -2.09. The summed E-state index contributed by atoms with van der Waals surface area (Å²) in [7, 11) is 0. The van der Waals surface area contributed by atoms with Crippen molar-refractivity contribution in [3.05, 3.63) is 30.1 Å². The van der Waals surface area contributed by atoms with Gasteiger partial charge in [0.15, 0.2) is 0 Å². The van der Waals surface area contributed by atoms with Gasteiger partial charge in [0.25, 0.3) is 0 Å². The highest BCUT2D eigenvalue weighted by Crippen LogP contribution is 2.27. The van der Waals surface area contributed by atoms with Gasteiger partial charge in [-0.25, -0.2) is 0 Å². The molecule has 0 saturated carbocycles. The van der Waals surface area contributed by atoms with Gasteiger partial charge in [0, 0.05) is 24.2 Å². The van der Waals surface area contributed by atoms with Gasteiger partial charge < -0.3 is 5.73 Å². The van der Waals surface area contributed by atoms with Crippen LogP contribution in [0.15, 0.2) is 24.5 Å². The third-order valence-corrected chi connectivity index (χ3v) is 3.75. The molecular formula is C12H20N2S. The highest BCUT2D eigenvalue weighted by molar-refractivity contribution is 7.99. The predicted octanol–water partition coefficient (Wildman–Crippen LogP) is 3.00. The van der Waals surface area contributed by atoms with E-state index in [0.29, 0.717) is 11.8 Å². The van der Waals surface area contributed by atoms with E-state index in [0.717, 1.165) is 0 Å². The Morgan fingerprint density at radius 2 is 2.07 bits per heavy atom. The monoisotopic (exact) mass is 224 g/mol. The molecule has 1 rings (SSSR count). The maximum atomic E-state index is 5.78. The number of thioether (sulfide) groups is 1. The van der Waals surface area contributed by atoms with Crippen LogP contribution in [0.1, 0.15) is 37.0 Å². The van der Waals surface area contributed by atoms with E-state index in [1.54, 1.807) is 0 Å². The minimum Gasteiger partial charge on any atom is -0.329 e. The molecule has 1 heterocycles. The van der Waals surface area contributed by atoms with E-state index in [4.69, 9.17) is 5.73 Å². The van der Waals surface area contributed by atoms with Gasteiger partial charge in [-0.05, 0) is 29.9 Å². The lowest BCUT2D eigenvalue weighted by molar-refractivity contribution is 0.776. The summed E-state index contributed by atoms with van der Waals surface area (Å²) in [6.45, 7) is 2.94. The van der Waals surface area contributed by atoms with Gasteiger partial charge in [-0.15, -0.1) is 0 Å². The number of hydrogen-bond acceptors (Lipinski definition) is 3. The molecule has 15 heavy (non-hydrogen) atoms. The van der Waals surface area contributed by atoms with Crippen molar-refractivity contribution in [2.75, 3.05) is 12.3 Å². The van der Waals surface area contributed by atoms with Crippen molar-refractivity contribution in [3.63, 3.8) is 0 Å². The zero-order valence-electron chi connectivity index (χ0n) is 9.36. The van der Waals surface area contributed by atoms with E-state index < -0.39 is 0 Å². The first-order valence-electron chi connectivity index (χ1n) is 5.60. The Hall–Kier alpha value is -0.540. The molecule has 2 nitrogen and oxygen atoms in total. The topological polar surface area (TPSA) is 38.9 Å². The van der Waals surface area contributed by atoms with Gasteiger partial charge in [-0.2, -0.15) is 11.8 Å². The Kier molecular flexibility index (Phi) is 6.44. The van der Waals surface area contributed by atoms with Crippen molar-refractivity contribution in [1.82, 2.24) is 4.98 Å². The summed E-state index contributed by atoms with van der Waals surface area (Å²) in [5.41, 5.74) is 7.08. The summed E-state index contributed by atoms with van der Waals surface area (Å²) < 4.78 is 0. The number of nitrogens with zero attached hydrogens (tertiary/aromatic N) is 1. The minimum atomic E-state index is 0.435. The average Bonchev–Trinajstić information content (AvgIpc) is 2.30. The summed E-state index contributed by atoms with van der Waals surface area (Å²) >= 11 is 1.96. The highest BCUT2D eigenvalue weighted by Gasteiger charge is 2.08. The predicted molar refractivity (Wildman–Crippen MR) is 68.0 cm³/mol. The molecule has 1 atom stereocenters. The Morgan fingerprint density at radius 3 is 2.67 bits per heavy atom. The van der Waals surface area contributed by atoms with Gasteiger partial charge in [0.05, 0.1) is 0 Å². The first kappa shape index (κ1) is 12.5. The minimum absolute atomic E-state index is 0.435. The standard InChI is InChI=1S/C12H20N2S/c1-2-3-4-9-15-12(10-13)11-5-7-14-8-6-11/h5-8,12H,2-4,9-10,13H2,1H3. The van der Waals surface area contributed by atoms with Crippen LogP contribution in [0.4, 0.5) is 0 Å². The molecule has 0 spiro atoms. The van der Waals surface area contributed by atoms with Crippen LogP contribution in [-0.2, 0) is 0 Å². The number of pyridine rings is 1. The molecule has 3 heteroatoms. The molecular weight excluding hydrogens is 204 g/mol. The van der Waals surface area contributed by atoms with Gasteiger partial charge >= 0.3 is 0 Å². The second kappa shape index (κ2) is 7.71. The van der Waals surface area contributed by atoms with Crippen molar-refractivity contribution in [2.24, 2.45) is 5.73 Å². The van der Waals surface area contributed by atoms with E-state index >= 15 is 0 Å². The lowest BCUT2D eigenvalue weighted by Gasteiger charge is -2.14. The summed E-state index contributed by atoms with van der Waals surface area (Å²) in [5, 5.41) is 0.435. The molecule has 0 amide bonds. The van der Waals surface area contributed by atoms with Crippen LogP contribution in [0.5, 0.6) is 0 Å². The molecule has 0 fully saturated rings. The number of unbranched alkanes of at least 4 members (excludes halogenated alkanes) is 2. The Labute approximate surface area is 96.7 Å². The fourth-order valence-electron chi connectivity index (χ4n) is 1.46. The summed E-state index contributed by atoms with van der Waals surface area (Å²) in [6, 6.07) is 4.12.